The summed E-state index contributed by atoms with van der Waals surface area (Å²) in [7, 11) is 0. The van der Waals surface area contributed by atoms with E-state index in [1.54, 1.807) is 0 Å². The number of nitrogens with zero attached hydrogens (tertiary/aromatic N) is 3. The topological polar surface area (TPSA) is 102 Å². The fraction of sp³-hybridized carbons (Fsp3) is 0.217. The maximum Gasteiger partial charge on any atom is 0.249 e. The molecule has 3 heterocycles. The number of ether oxygens (including phenoxy) is 2. The molecule has 2 aromatic carbocycles. The van der Waals surface area contributed by atoms with Gasteiger partial charge in [-0.3, -0.25) is 15.2 Å². The van der Waals surface area contributed by atoms with Gasteiger partial charge in [-0.05, 0) is 43.7 Å². The normalized spacial score (nSPS) is 13.2. The lowest BCUT2D eigenvalue weighted by Gasteiger charge is -2.26. The van der Waals surface area contributed by atoms with Crippen LogP contribution in [-0.2, 0) is 10.2 Å². The van der Waals surface area contributed by atoms with E-state index in [1.807, 2.05) is 68.4 Å². The summed E-state index contributed by atoms with van der Waals surface area (Å²) in [5, 5.41) is 10.8. The van der Waals surface area contributed by atoms with Gasteiger partial charge in [0, 0.05) is 5.39 Å². The van der Waals surface area contributed by atoms with Gasteiger partial charge >= 0.3 is 0 Å². The minimum Gasteiger partial charge on any atom is -0.486 e. The number of benzene rings is 2. The van der Waals surface area contributed by atoms with Gasteiger partial charge < -0.3 is 9.47 Å². The largest absolute Gasteiger partial charge is 0.486 e. The van der Waals surface area contributed by atoms with Gasteiger partial charge in [0.25, 0.3) is 0 Å². The van der Waals surface area contributed by atoms with Gasteiger partial charge in [0.15, 0.2) is 17.3 Å². The van der Waals surface area contributed by atoms with Gasteiger partial charge in [-0.25, -0.2) is 4.98 Å². The molecule has 1 aliphatic rings. The van der Waals surface area contributed by atoms with Crippen LogP contribution in [0.2, 0.25) is 0 Å². The number of aromatic amines is 1. The summed E-state index contributed by atoms with van der Waals surface area (Å²) in [5.41, 5.74) is 1.48. The predicted octanol–water partition coefficient (Wildman–Crippen LogP) is 3.71. The molecule has 0 fully saturated rings. The van der Waals surface area contributed by atoms with Gasteiger partial charge in [-0.2, -0.15) is 4.98 Å². The van der Waals surface area contributed by atoms with E-state index in [2.05, 4.69) is 25.5 Å². The molecule has 0 saturated carbocycles. The Morgan fingerprint density at radius 1 is 1.00 bits per heavy atom. The van der Waals surface area contributed by atoms with Crippen LogP contribution in [0.25, 0.3) is 22.4 Å². The summed E-state index contributed by atoms with van der Waals surface area (Å²) in [5.74, 6) is 1.78. The van der Waals surface area contributed by atoms with Crippen molar-refractivity contribution in [3.05, 3.63) is 60.2 Å². The van der Waals surface area contributed by atoms with Crippen molar-refractivity contribution in [1.29, 1.82) is 0 Å². The lowest BCUT2D eigenvalue weighted by atomic mass is 9.83. The first kappa shape index (κ1) is 19.0. The Labute approximate surface area is 178 Å². The molecule has 1 aliphatic heterocycles. The van der Waals surface area contributed by atoms with Crippen molar-refractivity contribution < 1.29 is 14.3 Å². The minimum absolute atomic E-state index is 0.195. The van der Waals surface area contributed by atoms with E-state index in [0.29, 0.717) is 36.2 Å². The standard InChI is InChI=1S/C23H21N5O3/c1-23(2,15-8-10-18-19(13-15)31-12-11-30-18)21(29)26-22-25-20(27-28-22)17-9-7-14-5-3-4-6-16(14)24-17/h3-10,13H,11-12H2,1-2H3,(H2,25,26,27,28,29). The minimum atomic E-state index is -0.835. The summed E-state index contributed by atoms with van der Waals surface area (Å²) in [6.45, 7) is 4.69. The lowest BCUT2D eigenvalue weighted by molar-refractivity contribution is -0.120. The molecular weight excluding hydrogens is 394 g/mol. The van der Waals surface area contributed by atoms with Gasteiger partial charge in [-0.15, -0.1) is 5.10 Å². The second-order valence-corrected chi connectivity index (χ2v) is 7.83. The first-order valence-electron chi connectivity index (χ1n) is 10.0. The smallest absolute Gasteiger partial charge is 0.249 e. The first-order chi connectivity index (χ1) is 15.0. The predicted molar refractivity (Wildman–Crippen MR) is 116 cm³/mol. The Morgan fingerprint density at radius 3 is 2.68 bits per heavy atom. The number of amides is 1. The molecule has 156 valence electrons. The third-order valence-corrected chi connectivity index (χ3v) is 5.38. The number of anilines is 1. The molecule has 2 N–H and O–H groups in total. The van der Waals surface area contributed by atoms with Crippen molar-refractivity contribution in [1.82, 2.24) is 20.2 Å². The van der Waals surface area contributed by atoms with Crippen LogP contribution in [0.15, 0.2) is 54.6 Å². The van der Waals surface area contributed by atoms with Crippen LogP contribution in [0.4, 0.5) is 5.95 Å². The van der Waals surface area contributed by atoms with E-state index >= 15 is 0 Å². The van der Waals surface area contributed by atoms with Crippen molar-refractivity contribution in [3.63, 3.8) is 0 Å². The molecule has 0 radical (unpaired) electrons. The van der Waals surface area contributed by atoms with Crippen molar-refractivity contribution in [3.8, 4) is 23.0 Å². The highest BCUT2D eigenvalue weighted by molar-refractivity contribution is 5.97. The summed E-state index contributed by atoms with van der Waals surface area (Å²) in [4.78, 5) is 22.0. The average Bonchev–Trinajstić information content (AvgIpc) is 3.27. The van der Waals surface area contributed by atoms with Gasteiger partial charge in [-0.1, -0.05) is 30.3 Å². The molecule has 0 bridgehead atoms. The molecule has 0 spiro atoms. The van der Waals surface area contributed by atoms with E-state index < -0.39 is 5.41 Å². The molecular formula is C23H21N5O3. The second kappa shape index (κ2) is 7.39. The lowest BCUT2D eigenvalue weighted by Crippen LogP contribution is -2.35. The van der Waals surface area contributed by atoms with E-state index in [-0.39, 0.29) is 11.9 Å². The number of rotatable bonds is 4. The van der Waals surface area contributed by atoms with Crippen LogP contribution < -0.4 is 14.8 Å². The first-order valence-corrected chi connectivity index (χ1v) is 10.0. The number of carbonyl (C=O) groups excluding carboxylic acids is 1. The fourth-order valence-corrected chi connectivity index (χ4v) is 3.45. The molecule has 31 heavy (non-hydrogen) atoms. The highest BCUT2D eigenvalue weighted by atomic mass is 16.6. The van der Waals surface area contributed by atoms with Gasteiger partial charge in [0.1, 0.15) is 18.9 Å². The van der Waals surface area contributed by atoms with Crippen LogP contribution in [0.1, 0.15) is 19.4 Å². The van der Waals surface area contributed by atoms with E-state index in [9.17, 15) is 4.79 Å². The molecule has 0 unspecified atom stereocenters. The fourth-order valence-electron chi connectivity index (χ4n) is 3.45. The number of fused-ring (bicyclic) bond motifs is 2. The maximum atomic E-state index is 13.0. The highest BCUT2D eigenvalue weighted by Crippen LogP contribution is 2.35. The molecule has 8 nitrogen and oxygen atoms in total. The SMILES string of the molecule is CC(C)(C(=O)Nc1n[nH]c(-c2ccc3ccccc3n2)n1)c1ccc2c(c1)OCCO2. The van der Waals surface area contributed by atoms with E-state index in [0.717, 1.165) is 16.5 Å². The number of para-hydroxylation sites is 1. The molecule has 0 aliphatic carbocycles. The quantitative estimate of drug-likeness (QED) is 0.527. The number of aromatic nitrogens is 4. The third-order valence-electron chi connectivity index (χ3n) is 5.38. The molecule has 5 rings (SSSR count). The van der Waals surface area contributed by atoms with Crippen molar-refractivity contribution in [2.45, 2.75) is 19.3 Å². The third kappa shape index (κ3) is 3.56. The summed E-state index contributed by atoms with van der Waals surface area (Å²) < 4.78 is 11.2. The zero-order chi connectivity index (χ0) is 21.4. The summed E-state index contributed by atoms with van der Waals surface area (Å²) in [6.07, 6.45) is 0. The summed E-state index contributed by atoms with van der Waals surface area (Å²) in [6, 6.07) is 17.2. The van der Waals surface area contributed by atoms with Crippen LogP contribution >= 0.6 is 0 Å². The average molecular weight is 415 g/mol. The number of H-pyrrole nitrogens is 1. The molecule has 8 heteroatoms. The molecule has 4 aromatic rings. The van der Waals surface area contributed by atoms with Crippen LogP contribution in [0, 0.1) is 0 Å². The number of pyridine rings is 1. The van der Waals surface area contributed by atoms with Gasteiger partial charge in [0.2, 0.25) is 11.9 Å². The van der Waals surface area contributed by atoms with E-state index in [4.69, 9.17) is 9.47 Å². The number of nitrogens with one attached hydrogen (secondary N) is 2. The Hall–Kier alpha value is -3.94. The zero-order valence-corrected chi connectivity index (χ0v) is 17.2. The number of hydrogen-bond donors (Lipinski definition) is 2. The molecule has 2 aromatic heterocycles. The highest BCUT2D eigenvalue weighted by Gasteiger charge is 2.32. The van der Waals surface area contributed by atoms with Crippen LogP contribution in [0.3, 0.4) is 0 Å². The Bertz CT molecular complexity index is 1280. The molecule has 0 saturated heterocycles. The van der Waals surface area contributed by atoms with Crippen LogP contribution in [-0.4, -0.2) is 39.3 Å². The van der Waals surface area contributed by atoms with Crippen molar-refractivity contribution in [2.24, 2.45) is 0 Å². The van der Waals surface area contributed by atoms with E-state index in [1.165, 1.54) is 0 Å². The zero-order valence-electron chi connectivity index (χ0n) is 17.2. The summed E-state index contributed by atoms with van der Waals surface area (Å²) >= 11 is 0. The van der Waals surface area contributed by atoms with Crippen LogP contribution in [0.5, 0.6) is 11.5 Å². The van der Waals surface area contributed by atoms with Crippen molar-refractivity contribution >= 4 is 22.8 Å². The number of hydrogen-bond acceptors (Lipinski definition) is 6. The maximum absolute atomic E-state index is 13.0. The second-order valence-electron chi connectivity index (χ2n) is 7.83. The Balaban J connectivity index is 1.36. The number of carbonyl (C=O) groups is 1. The molecule has 1 amide bonds. The monoisotopic (exact) mass is 415 g/mol. The Kier molecular flexibility index (Phi) is 4.54. The van der Waals surface area contributed by atoms with Crippen molar-refractivity contribution in [2.75, 3.05) is 18.5 Å². The van der Waals surface area contributed by atoms with Gasteiger partial charge in [0.05, 0.1) is 10.9 Å². The molecule has 0 atom stereocenters. The Morgan fingerprint density at radius 2 is 1.81 bits per heavy atom.